The molecule has 0 N–H and O–H groups in total. The number of benzene rings is 1. The molecule has 0 saturated carbocycles. The zero-order valence-corrected chi connectivity index (χ0v) is 17.3. The highest BCUT2D eigenvalue weighted by Crippen LogP contribution is 2.39. The minimum atomic E-state index is -0.304. The van der Waals surface area contributed by atoms with Gasteiger partial charge in [-0.15, -0.1) is 0 Å². The number of amides is 2. The first kappa shape index (κ1) is 19.6. The normalized spacial score (nSPS) is 24.1. The van der Waals surface area contributed by atoms with Gasteiger partial charge in [0, 0.05) is 38.3 Å². The van der Waals surface area contributed by atoms with E-state index in [4.69, 9.17) is 0 Å². The van der Waals surface area contributed by atoms with Crippen LogP contribution in [0.25, 0.3) is 0 Å². The van der Waals surface area contributed by atoms with E-state index >= 15 is 0 Å². The number of carbonyl (C=O) groups is 2. The van der Waals surface area contributed by atoms with E-state index in [-0.39, 0.29) is 23.4 Å². The first-order valence-corrected chi connectivity index (χ1v) is 10.6. The molecule has 1 aromatic carbocycles. The first-order chi connectivity index (χ1) is 14.0. The predicted octanol–water partition coefficient (Wildman–Crippen LogP) is 3.68. The van der Waals surface area contributed by atoms with Crippen molar-refractivity contribution >= 4 is 11.8 Å². The van der Waals surface area contributed by atoms with E-state index in [1.807, 2.05) is 40.1 Å². The fourth-order valence-corrected chi connectivity index (χ4v) is 5.07. The quantitative estimate of drug-likeness (QED) is 0.802. The lowest BCUT2D eigenvalue weighted by Gasteiger charge is -2.56. The zero-order chi connectivity index (χ0) is 20.4. The Balaban J connectivity index is 1.53. The molecule has 2 aliphatic rings. The molecule has 4 rings (SSSR count). The Morgan fingerprint density at radius 3 is 2.59 bits per heavy atom. The summed E-state index contributed by atoms with van der Waals surface area (Å²) < 4.78 is 0. The van der Waals surface area contributed by atoms with Crippen molar-refractivity contribution in [3.8, 4) is 0 Å². The topological polar surface area (TPSA) is 53.5 Å². The molecule has 2 atom stereocenters. The number of carbonyl (C=O) groups excluding carboxylic acids is 2. The second-order valence-electron chi connectivity index (χ2n) is 8.49. The van der Waals surface area contributed by atoms with Gasteiger partial charge in [-0.05, 0) is 50.3 Å². The van der Waals surface area contributed by atoms with Gasteiger partial charge >= 0.3 is 0 Å². The van der Waals surface area contributed by atoms with Crippen LogP contribution in [0.5, 0.6) is 0 Å². The van der Waals surface area contributed by atoms with E-state index in [9.17, 15) is 9.59 Å². The van der Waals surface area contributed by atoms with Gasteiger partial charge in [-0.2, -0.15) is 0 Å². The molecule has 5 nitrogen and oxygen atoms in total. The molecule has 3 heterocycles. The molecule has 29 heavy (non-hydrogen) atoms. The predicted molar refractivity (Wildman–Crippen MR) is 113 cm³/mol. The second-order valence-corrected chi connectivity index (χ2v) is 8.49. The SMILES string of the molecule is CC(=O)N1CCC[C@@]2(C)[C@@H]1CCCN2C(=O)c1ccc(Cc2ccccc2)nc1. The van der Waals surface area contributed by atoms with Gasteiger partial charge in [-0.25, -0.2) is 0 Å². The Labute approximate surface area is 172 Å². The molecule has 0 bridgehead atoms. The van der Waals surface area contributed by atoms with E-state index in [1.165, 1.54) is 5.56 Å². The monoisotopic (exact) mass is 391 g/mol. The van der Waals surface area contributed by atoms with Gasteiger partial charge in [0.2, 0.25) is 5.91 Å². The van der Waals surface area contributed by atoms with Crippen LogP contribution < -0.4 is 0 Å². The molecule has 2 aromatic rings. The molecular weight excluding hydrogens is 362 g/mol. The summed E-state index contributed by atoms with van der Waals surface area (Å²) in [6.07, 6.45) is 6.23. The Kier molecular flexibility index (Phi) is 5.39. The number of rotatable bonds is 3. The molecule has 152 valence electrons. The molecule has 0 aliphatic carbocycles. The number of aromatic nitrogens is 1. The van der Waals surface area contributed by atoms with Crippen molar-refractivity contribution in [2.24, 2.45) is 0 Å². The molecule has 2 aliphatic heterocycles. The van der Waals surface area contributed by atoms with Crippen molar-refractivity contribution < 1.29 is 9.59 Å². The molecule has 5 heteroatoms. The highest BCUT2D eigenvalue weighted by atomic mass is 16.2. The van der Waals surface area contributed by atoms with Crippen LogP contribution >= 0.6 is 0 Å². The van der Waals surface area contributed by atoms with E-state index in [0.29, 0.717) is 5.56 Å². The second kappa shape index (κ2) is 7.97. The third-order valence-corrected chi connectivity index (χ3v) is 6.60. The average Bonchev–Trinajstić information content (AvgIpc) is 2.73. The first-order valence-electron chi connectivity index (χ1n) is 10.6. The molecule has 1 aromatic heterocycles. The van der Waals surface area contributed by atoms with Gasteiger partial charge in [-0.1, -0.05) is 30.3 Å². The Bertz CT molecular complexity index is 881. The molecule has 0 unspecified atom stereocenters. The molecule has 2 saturated heterocycles. The summed E-state index contributed by atoms with van der Waals surface area (Å²) >= 11 is 0. The van der Waals surface area contributed by atoms with Crippen LogP contribution in [0, 0.1) is 0 Å². The van der Waals surface area contributed by atoms with Crippen molar-refractivity contribution in [1.82, 2.24) is 14.8 Å². The maximum Gasteiger partial charge on any atom is 0.255 e. The summed E-state index contributed by atoms with van der Waals surface area (Å²) in [6, 6.07) is 14.2. The van der Waals surface area contributed by atoms with E-state index in [2.05, 4.69) is 24.0 Å². The molecule has 0 spiro atoms. The Hall–Kier alpha value is -2.69. The minimum absolute atomic E-state index is 0.0290. The van der Waals surface area contributed by atoms with Crippen molar-refractivity contribution in [1.29, 1.82) is 0 Å². The smallest absolute Gasteiger partial charge is 0.255 e. The highest BCUT2D eigenvalue weighted by Gasteiger charge is 2.49. The van der Waals surface area contributed by atoms with E-state index in [0.717, 1.165) is 50.9 Å². The number of hydrogen-bond acceptors (Lipinski definition) is 3. The van der Waals surface area contributed by atoms with Crippen molar-refractivity contribution in [3.63, 3.8) is 0 Å². The summed E-state index contributed by atoms with van der Waals surface area (Å²) in [7, 11) is 0. The number of piperidine rings is 2. The van der Waals surface area contributed by atoms with Gasteiger partial charge in [0.15, 0.2) is 0 Å². The van der Waals surface area contributed by atoms with Crippen LogP contribution in [0.15, 0.2) is 48.7 Å². The third kappa shape index (κ3) is 3.78. The number of fused-ring (bicyclic) bond motifs is 1. The van der Waals surface area contributed by atoms with Gasteiger partial charge in [0.1, 0.15) is 0 Å². The van der Waals surface area contributed by atoms with Crippen LogP contribution in [0.1, 0.15) is 61.1 Å². The van der Waals surface area contributed by atoms with Crippen LogP contribution in [-0.4, -0.2) is 51.3 Å². The van der Waals surface area contributed by atoms with Gasteiger partial charge in [0.05, 0.1) is 17.1 Å². The van der Waals surface area contributed by atoms with E-state index < -0.39 is 0 Å². The minimum Gasteiger partial charge on any atom is -0.338 e. The van der Waals surface area contributed by atoms with Crippen LogP contribution in [0.2, 0.25) is 0 Å². The average molecular weight is 392 g/mol. The fourth-order valence-electron chi connectivity index (χ4n) is 5.07. The Morgan fingerprint density at radius 1 is 1.10 bits per heavy atom. The molecule has 2 fully saturated rings. The number of nitrogens with zero attached hydrogens (tertiary/aromatic N) is 3. The lowest BCUT2D eigenvalue weighted by atomic mass is 9.75. The lowest BCUT2D eigenvalue weighted by Crippen LogP contribution is -2.68. The van der Waals surface area contributed by atoms with Crippen molar-refractivity contribution in [2.75, 3.05) is 13.1 Å². The van der Waals surface area contributed by atoms with Crippen LogP contribution in [0.3, 0.4) is 0 Å². The maximum atomic E-state index is 13.4. The third-order valence-electron chi connectivity index (χ3n) is 6.60. The molecule has 2 amide bonds. The summed E-state index contributed by atoms with van der Waals surface area (Å²) in [5, 5.41) is 0. The summed E-state index contributed by atoms with van der Waals surface area (Å²) in [5.74, 6) is 0.142. The maximum absolute atomic E-state index is 13.4. The van der Waals surface area contributed by atoms with Gasteiger partial charge in [-0.3, -0.25) is 14.6 Å². The standard InChI is InChI=1S/C24H29N3O2/c1-18(28)26-14-7-13-24(2)22(26)10-6-15-27(24)23(29)20-11-12-21(25-17-20)16-19-8-4-3-5-9-19/h3-5,8-9,11-12,17,22H,6-7,10,13-16H2,1-2H3/t22-,24-/m0/s1. The van der Waals surface area contributed by atoms with Gasteiger partial charge < -0.3 is 9.80 Å². The summed E-state index contributed by atoms with van der Waals surface area (Å²) in [6.45, 7) is 5.33. The van der Waals surface area contributed by atoms with Crippen molar-refractivity contribution in [3.05, 3.63) is 65.5 Å². The largest absolute Gasteiger partial charge is 0.338 e. The number of pyridine rings is 1. The van der Waals surface area contributed by atoms with Crippen LogP contribution in [0.4, 0.5) is 0 Å². The lowest BCUT2D eigenvalue weighted by molar-refractivity contribution is -0.140. The van der Waals surface area contributed by atoms with Crippen molar-refractivity contribution in [2.45, 2.75) is 57.5 Å². The molecular formula is C24H29N3O2. The fraction of sp³-hybridized carbons (Fsp3) is 0.458. The highest BCUT2D eigenvalue weighted by molar-refractivity contribution is 5.94. The van der Waals surface area contributed by atoms with Crippen LogP contribution in [-0.2, 0) is 11.2 Å². The molecule has 0 radical (unpaired) electrons. The van der Waals surface area contributed by atoms with E-state index in [1.54, 1.807) is 13.1 Å². The van der Waals surface area contributed by atoms with Gasteiger partial charge in [0.25, 0.3) is 5.91 Å². The zero-order valence-electron chi connectivity index (χ0n) is 17.3. The summed E-state index contributed by atoms with van der Waals surface area (Å²) in [4.78, 5) is 34.1. The number of hydrogen-bond donors (Lipinski definition) is 0. The Morgan fingerprint density at radius 2 is 1.90 bits per heavy atom. The number of likely N-dealkylation sites (tertiary alicyclic amines) is 2. The summed E-state index contributed by atoms with van der Waals surface area (Å²) in [5.41, 5.74) is 2.48.